The lowest BCUT2D eigenvalue weighted by molar-refractivity contribution is 0.667. The first kappa shape index (κ1) is 11.2. The molecule has 0 saturated carbocycles. The maximum absolute atomic E-state index is 8.78. The number of nitrogens with two attached hydrogens (primary N) is 1. The van der Waals surface area contributed by atoms with E-state index in [1.54, 1.807) is 6.07 Å². The number of nitrogen functional groups attached to an aromatic ring is 1. The topological polar surface area (TPSA) is 61.8 Å². The SMILES string of the molecule is N#Cc1ccc(NC2CCSCC2)cc1N. The van der Waals surface area contributed by atoms with Gasteiger partial charge < -0.3 is 11.1 Å². The number of anilines is 2. The van der Waals surface area contributed by atoms with Crippen LogP contribution in [0, 0.1) is 11.3 Å². The highest BCUT2D eigenvalue weighted by atomic mass is 32.2. The number of benzene rings is 1. The summed E-state index contributed by atoms with van der Waals surface area (Å²) in [7, 11) is 0. The van der Waals surface area contributed by atoms with Crippen molar-refractivity contribution in [3.63, 3.8) is 0 Å². The van der Waals surface area contributed by atoms with E-state index in [-0.39, 0.29) is 0 Å². The van der Waals surface area contributed by atoms with Crippen molar-refractivity contribution >= 4 is 23.1 Å². The number of nitrogens with zero attached hydrogens (tertiary/aromatic N) is 1. The Bertz CT molecular complexity index is 405. The van der Waals surface area contributed by atoms with Gasteiger partial charge in [0.05, 0.1) is 11.3 Å². The Morgan fingerprint density at radius 1 is 1.38 bits per heavy atom. The zero-order valence-electron chi connectivity index (χ0n) is 9.07. The van der Waals surface area contributed by atoms with Crippen LogP contribution in [0.5, 0.6) is 0 Å². The van der Waals surface area contributed by atoms with Gasteiger partial charge in [0.15, 0.2) is 0 Å². The van der Waals surface area contributed by atoms with Crippen LogP contribution in [-0.2, 0) is 0 Å². The van der Waals surface area contributed by atoms with Crippen molar-refractivity contribution in [3.8, 4) is 6.07 Å². The molecule has 3 N–H and O–H groups in total. The molecule has 0 atom stereocenters. The number of nitrogens with one attached hydrogen (secondary N) is 1. The molecule has 1 aliphatic heterocycles. The lowest BCUT2D eigenvalue weighted by atomic mass is 10.1. The first-order valence-electron chi connectivity index (χ1n) is 5.43. The standard InChI is InChI=1S/C12H15N3S/c13-8-9-1-2-11(7-12(9)14)15-10-3-5-16-6-4-10/h1-2,7,10,15H,3-6,14H2. The Morgan fingerprint density at radius 3 is 2.75 bits per heavy atom. The number of hydrogen-bond acceptors (Lipinski definition) is 4. The normalized spacial score (nSPS) is 16.7. The van der Waals surface area contributed by atoms with Gasteiger partial charge in [-0.15, -0.1) is 0 Å². The molecule has 0 spiro atoms. The van der Waals surface area contributed by atoms with Crippen molar-refractivity contribution in [1.82, 2.24) is 0 Å². The molecule has 1 aromatic rings. The zero-order valence-corrected chi connectivity index (χ0v) is 9.89. The summed E-state index contributed by atoms with van der Waals surface area (Å²) < 4.78 is 0. The van der Waals surface area contributed by atoms with E-state index in [0.717, 1.165) is 5.69 Å². The Labute approximate surface area is 100 Å². The largest absolute Gasteiger partial charge is 0.398 e. The Morgan fingerprint density at radius 2 is 2.12 bits per heavy atom. The molecule has 0 bridgehead atoms. The second-order valence-corrected chi connectivity index (χ2v) is 5.17. The molecular weight excluding hydrogens is 218 g/mol. The molecule has 1 aliphatic rings. The first-order valence-corrected chi connectivity index (χ1v) is 6.59. The molecule has 0 aliphatic carbocycles. The zero-order chi connectivity index (χ0) is 11.4. The summed E-state index contributed by atoms with van der Waals surface area (Å²) in [6.07, 6.45) is 2.40. The molecule has 16 heavy (non-hydrogen) atoms. The van der Waals surface area contributed by atoms with E-state index in [2.05, 4.69) is 11.4 Å². The maximum Gasteiger partial charge on any atom is 0.101 e. The van der Waals surface area contributed by atoms with Crippen molar-refractivity contribution in [2.24, 2.45) is 0 Å². The fourth-order valence-corrected chi connectivity index (χ4v) is 2.94. The lowest BCUT2D eigenvalue weighted by Gasteiger charge is -2.23. The van der Waals surface area contributed by atoms with Crippen molar-refractivity contribution in [3.05, 3.63) is 23.8 Å². The Hall–Kier alpha value is -1.34. The maximum atomic E-state index is 8.78. The molecule has 0 radical (unpaired) electrons. The van der Waals surface area contributed by atoms with E-state index in [1.165, 1.54) is 24.3 Å². The molecular formula is C12H15N3S. The van der Waals surface area contributed by atoms with Gasteiger partial charge >= 0.3 is 0 Å². The van der Waals surface area contributed by atoms with Crippen LogP contribution in [0.25, 0.3) is 0 Å². The summed E-state index contributed by atoms with van der Waals surface area (Å²) in [6.45, 7) is 0. The molecule has 1 saturated heterocycles. The van der Waals surface area contributed by atoms with Gasteiger partial charge in [-0.2, -0.15) is 17.0 Å². The van der Waals surface area contributed by atoms with Gasteiger partial charge in [0.2, 0.25) is 0 Å². The average Bonchev–Trinajstić information content (AvgIpc) is 2.31. The van der Waals surface area contributed by atoms with Gasteiger partial charge in [-0.3, -0.25) is 0 Å². The van der Waals surface area contributed by atoms with Gasteiger partial charge in [-0.05, 0) is 42.5 Å². The lowest BCUT2D eigenvalue weighted by Crippen LogP contribution is -2.24. The van der Waals surface area contributed by atoms with Gasteiger partial charge in [0.1, 0.15) is 6.07 Å². The summed E-state index contributed by atoms with van der Waals surface area (Å²) in [5, 5.41) is 12.2. The van der Waals surface area contributed by atoms with Crippen molar-refractivity contribution < 1.29 is 0 Å². The fraction of sp³-hybridized carbons (Fsp3) is 0.417. The van der Waals surface area contributed by atoms with E-state index >= 15 is 0 Å². The highest BCUT2D eigenvalue weighted by molar-refractivity contribution is 7.99. The van der Waals surface area contributed by atoms with Crippen LogP contribution < -0.4 is 11.1 Å². The predicted octanol–water partition coefficient (Wildman–Crippen LogP) is 2.45. The minimum Gasteiger partial charge on any atom is -0.398 e. The van der Waals surface area contributed by atoms with Crippen LogP contribution in [-0.4, -0.2) is 17.5 Å². The van der Waals surface area contributed by atoms with Gasteiger partial charge in [-0.25, -0.2) is 0 Å². The van der Waals surface area contributed by atoms with Crippen LogP contribution in [0.1, 0.15) is 18.4 Å². The minimum atomic E-state index is 0.546. The smallest absolute Gasteiger partial charge is 0.101 e. The van der Waals surface area contributed by atoms with Gasteiger partial charge in [0.25, 0.3) is 0 Å². The molecule has 0 amide bonds. The van der Waals surface area contributed by atoms with Crippen LogP contribution in [0.15, 0.2) is 18.2 Å². The number of rotatable bonds is 2. The second kappa shape index (κ2) is 5.13. The predicted molar refractivity (Wildman–Crippen MR) is 69.5 cm³/mol. The van der Waals surface area contributed by atoms with Gasteiger partial charge in [-0.1, -0.05) is 0 Å². The third-order valence-electron chi connectivity index (χ3n) is 2.76. The summed E-state index contributed by atoms with van der Waals surface area (Å²) in [4.78, 5) is 0. The van der Waals surface area contributed by atoms with Crippen molar-refractivity contribution in [1.29, 1.82) is 5.26 Å². The fourth-order valence-electron chi connectivity index (χ4n) is 1.83. The summed E-state index contributed by atoms with van der Waals surface area (Å²) in [6, 6.07) is 8.17. The summed E-state index contributed by atoms with van der Waals surface area (Å²) in [5.41, 5.74) is 7.89. The second-order valence-electron chi connectivity index (χ2n) is 3.94. The van der Waals surface area contributed by atoms with Crippen molar-refractivity contribution in [2.45, 2.75) is 18.9 Å². The molecule has 0 unspecified atom stereocenters. The van der Waals surface area contributed by atoms with E-state index in [0.29, 0.717) is 17.3 Å². The first-order chi connectivity index (χ1) is 7.79. The van der Waals surface area contributed by atoms with Crippen LogP contribution in [0.3, 0.4) is 0 Å². The highest BCUT2D eigenvalue weighted by Crippen LogP contribution is 2.23. The summed E-state index contributed by atoms with van der Waals surface area (Å²) >= 11 is 2.01. The summed E-state index contributed by atoms with van der Waals surface area (Å²) in [5.74, 6) is 2.45. The average molecular weight is 233 g/mol. The Balaban J connectivity index is 2.04. The molecule has 3 nitrogen and oxygen atoms in total. The third-order valence-corrected chi connectivity index (χ3v) is 3.81. The number of nitriles is 1. The monoisotopic (exact) mass is 233 g/mol. The molecule has 4 heteroatoms. The molecule has 0 aromatic heterocycles. The van der Waals surface area contributed by atoms with E-state index in [4.69, 9.17) is 11.0 Å². The van der Waals surface area contributed by atoms with Gasteiger partial charge in [0, 0.05) is 11.7 Å². The molecule has 1 heterocycles. The molecule has 84 valence electrons. The highest BCUT2D eigenvalue weighted by Gasteiger charge is 2.13. The van der Waals surface area contributed by atoms with Crippen LogP contribution >= 0.6 is 11.8 Å². The quantitative estimate of drug-likeness (QED) is 0.770. The van der Waals surface area contributed by atoms with Crippen LogP contribution in [0.2, 0.25) is 0 Å². The Kier molecular flexibility index (Phi) is 3.58. The molecule has 2 rings (SSSR count). The van der Waals surface area contributed by atoms with Crippen molar-refractivity contribution in [2.75, 3.05) is 22.6 Å². The number of hydrogen-bond donors (Lipinski definition) is 2. The van der Waals surface area contributed by atoms with E-state index in [9.17, 15) is 0 Å². The van der Waals surface area contributed by atoms with Crippen LogP contribution in [0.4, 0.5) is 11.4 Å². The van der Waals surface area contributed by atoms with E-state index < -0.39 is 0 Å². The minimum absolute atomic E-state index is 0.546. The third kappa shape index (κ3) is 2.61. The molecule has 1 fully saturated rings. The molecule has 1 aromatic carbocycles. The van der Waals surface area contributed by atoms with E-state index in [1.807, 2.05) is 23.9 Å². The number of thioether (sulfide) groups is 1.